The third-order valence-electron chi connectivity index (χ3n) is 2.68. The van der Waals surface area contributed by atoms with Crippen molar-refractivity contribution in [2.24, 2.45) is 7.05 Å². The average molecular weight is 261 g/mol. The van der Waals surface area contributed by atoms with Crippen molar-refractivity contribution in [3.8, 4) is 5.75 Å². The zero-order valence-corrected chi connectivity index (χ0v) is 11.5. The predicted molar refractivity (Wildman–Crippen MR) is 71.8 cm³/mol. The SMILES string of the molecule is Cc1ccc(OCC(C)NCc2nnn(C)n2)cc1. The van der Waals surface area contributed by atoms with Crippen LogP contribution in [0.25, 0.3) is 0 Å². The van der Waals surface area contributed by atoms with Crippen LogP contribution in [0.2, 0.25) is 0 Å². The van der Waals surface area contributed by atoms with Gasteiger partial charge < -0.3 is 10.1 Å². The predicted octanol–water partition coefficient (Wildman–Crippen LogP) is 1.08. The molecule has 0 aliphatic carbocycles. The van der Waals surface area contributed by atoms with E-state index < -0.39 is 0 Å². The lowest BCUT2D eigenvalue weighted by molar-refractivity contribution is 0.271. The number of aryl methyl sites for hydroxylation is 2. The van der Waals surface area contributed by atoms with E-state index in [4.69, 9.17) is 4.74 Å². The monoisotopic (exact) mass is 261 g/mol. The Bertz CT molecular complexity index is 508. The normalized spacial score (nSPS) is 12.4. The average Bonchev–Trinajstić information content (AvgIpc) is 2.81. The molecular formula is C13H19N5O. The minimum atomic E-state index is 0.213. The molecule has 1 aromatic carbocycles. The molecular weight excluding hydrogens is 242 g/mol. The largest absolute Gasteiger partial charge is 0.492 e. The fourth-order valence-electron chi connectivity index (χ4n) is 1.57. The van der Waals surface area contributed by atoms with Gasteiger partial charge in [-0.1, -0.05) is 17.7 Å². The van der Waals surface area contributed by atoms with Crippen molar-refractivity contribution < 1.29 is 4.74 Å². The molecule has 0 fully saturated rings. The number of tetrazole rings is 1. The highest BCUT2D eigenvalue weighted by Crippen LogP contribution is 2.11. The third-order valence-corrected chi connectivity index (χ3v) is 2.68. The van der Waals surface area contributed by atoms with Gasteiger partial charge in [0.05, 0.1) is 13.6 Å². The number of nitrogens with zero attached hydrogens (tertiary/aromatic N) is 4. The summed E-state index contributed by atoms with van der Waals surface area (Å²) in [5.41, 5.74) is 1.23. The maximum atomic E-state index is 5.69. The summed E-state index contributed by atoms with van der Waals surface area (Å²) in [6.07, 6.45) is 0. The van der Waals surface area contributed by atoms with Crippen molar-refractivity contribution >= 4 is 0 Å². The molecule has 19 heavy (non-hydrogen) atoms. The number of nitrogens with one attached hydrogen (secondary N) is 1. The Morgan fingerprint density at radius 2 is 2.05 bits per heavy atom. The maximum absolute atomic E-state index is 5.69. The van der Waals surface area contributed by atoms with Gasteiger partial charge in [-0.05, 0) is 31.2 Å². The molecule has 6 heteroatoms. The van der Waals surface area contributed by atoms with E-state index in [1.807, 2.05) is 24.3 Å². The van der Waals surface area contributed by atoms with Crippen molar-refractivity contribution in [3.05, 3.63) is 35.7 Å². The van der Waals surface area contributed by atoms with E-state index in [2.05, 4.69) is 34.6 Å². The molecule has 1 unspecified atom stereocenters. The minimum absolute atomic E-state index is 0.213. The van der Waals surface area contributed by atoms with Crippen LogP contribution in [0.5, 0.6) is 5.75 Å². The number of ether oxygens (including phenoxy) is 1. The zero-order chi connectivity index (χ0) is 13.7. The second-order valence-corrected chi connectivity index (χ2v) is 4.60. The number of hydrogen-bond acceptors (Lipinski definition) is 5. The Balaban J connectivity index is 1.72. The number of aromatic nitrogens is 4. The summed E-state index contributed by atoms with van der Waals surface area (Å²) in [6, 6.07) is 8.25. The van der Waals surface area contributed by atoms with Crippen LogP contribution in [-0.2, 0) is 13.6 Å². The van der Waals surface area contributed by atoms with Gasteiger partial charge >= 0.3 is 0 Å². The van der Waals surface area contributed by atoms with Gasteiger partial charge in [0.25, 0.3) is 0 Å². The van der Waals surface area contributed by atoms with Crippen LogP contribution in [0, 0.1) is 6.92 Å². The van der Waals surface area contributed by atoms with E-state index in [9.17, 15) is 0 Å². The van der Waals surface area contributed by atoms with Gasteiger partial charge in [0.1, 0.15) is 12.4 Å². The highest BCUT2D eigenvalue weighted by atomic mass is 16.5. The lowest BCUT2D eigenvalue weighted by atomic mass is 10.2. The Kier molecular flexibility index (Phi) is 4.46. The summed E-state index contributed by atoms with van der Waals surface area (Å²) in [4.78, 5) is 1.45. The zero-order valence-electron chi connectivity index (χ0n) is 11.5. The van der Waals surface area contributed by atoms with Crippen LogP contribution < -0.4 is 10.1 Å². The fourth-order valence-corrected chi connectivity index (χ4v) is 1.57. The van der Waals surface area contributed by atoms with Gasteiger partial charge in [-0.25, -0.2) is 0 Å². The Morgan fingerprint density at radius 3 is 2.68 bits per heavy atom. The second-order valence-electron chi connectivity index (χ2n) is 4.60. The van der Waals surface area contributed by atoms with E-state index in [1.54, 1.807) is 7.05 Å². The lowest BCUT2D eigenvalue weighted by Gasteiger charge is -2.13. The molecule has 0 bridgehead atoms. The number of benzene rings is 1. The van der Waals surface area contributed by atoms with Gasteiger partial charge in [0, 0.05) is 6.04 Å². The van der Waals surface area contributed by atoms with Crippen LogP contribution in [0.4, 0.5) is 0 Å². The highest BCUT2D eigenvalue weighted by molar-refractivity contribution is 5.26. The van der Waals surface area contributed by atoms with Crippen LogP contribution >= 0.6 is 0 Å². The first-order valence-electron chi connectivity index (χ1n) is 6.29. The summed E-state index contributed by atoms with van der Waals surface area (Å²) < 4.78 is 5.69. The molecule has 0 spiro atoms. The first-order valence-corrected chi connectivity index (χ1v) is 6.29. The van der Waals surface area contributed by atoms with Crippen LogP contribution in [0.15, 0.2) is 24.3 Å². The van der Waals surface area contributed by atoms with E-state index in [-0.39, 0.29) is 6.04 Å². The van der Waals surface area contributed by atoms with Crippen LogP contribution in [0.1, 0.15) is 18.3 Å². The van der Waals surface area contributed by atoms with Crippen molar-refractivity contribution in [1.29, 1.82) is 0 Å². The van der Waals surface area contributed by atoms with Crippen molar-refractivity contribution in [1.82, 2.24) is 25.5 Å². The van der Waals surface area contributed by atoms with Gasteiger partial charge in [0.15, 0.2) is 5.82 Å². The molecule has 2 rings (SSSR count). The molecule has 0 saturated carbocycles. The Labute approximate surface area is 112 Å². The Morgan fingerprint density at radius 1 is 1.32 bits per heavy atom. The van der Waals surface area contributed by atoms with Crippen LogP contribution in [0.3, 0.4) is 0 Å². The molecule has 6 nitrogen and oxygen atoms in total. The first kappa shape index (κ1) is 13.5. The Hall–Kier alpha value is -1.95. The molecule has 1 aromatic heterocycles. The maximum Gasteiger partial charge on any atom is 0.188 e. The highest BCUT2D eigenvalue weighted by Gasteiger charge is 2.05. The number of rotatable bonds is 6. The molecule has 1 N–H and O–H groups in total. The molecule has 0 aliphatic rings. The van der Waals surface area contributed by atoms with Gasteiger partial charge in [0.2, 0.25) is 0 Å². The molecule has 0 aliphatic heterocycles. The van der Waals surface area contributed by atoms with Crippen molar-refractivity contribution in [3.63, 3.8) is 0 Å². The standard InChI is InChI=1S/C13H19N5O/c1-10-4-6-12(7-5-10)19-9-11(2)14-8-13-15-17-18(3)16-13/h4-7,11,14H,8-9H2,1-3H3. The molecule has 0 radical (unpaired) electrons. The molecule has 0 saturated heterocycles. The third kappa shape index (κ3) is 4.33. The van der Waals surface area contributed by atoms with Gasteiger partial charge in [-0.3, -0.25) is 0 Å². The topological polar surface area (TPSA) is 64.9 Å². The smallest absolute Gasteiger partial charge is 0.188 e. The quantitative estimate of drug-likeness (QED) is 0.843. The summed E-state index contributed by atoms with van der Waals surface area (Å²) in [6.45, 7) is 5.31. The molecule has 2 aromatic rings. The van der Waals surface area contributed by atoms with E-state index in [0.717, 1.165) is 5.75 Å². The van der Waals surface area contributed by atoms with Crippen LogP contribution in [-0.4, -0.2) is 32.9 Å². The molecule has 0 amide bonds. The van der Waals surface area contributed by atoms with E-state index >= 15 is 0 Å². The van der Waals surface area contributed by atoms with Gasteiger partial charge in [-0.2, -0.15) is 4.80 Å². The summed E-state index contributed by atoms with van der Waals surface area (Å²) in [5.74, 6) is 1.57. The molecule has 1 atom stereocenters. The summed E-state index contributed by atoms with van der Waals surface area (Å²) in [7, 11) is 1.75. The number of hydrogen-bond donors (Lipinski definition) is 1. The second kappa shape index (κ2) is 6.29. The van der Waals surface area contributed by atoms with Crippen molar-refractivity contribution in [2.75, 3.05) is 6.61 Å². The summed E-state index contributed by atoms with van der Waals surface area (Å²) in [5, 5.41) is 15.1. The van der Waals surface area contributed by atoms with E-state index in [0.29, 0.717) is 19.0 Å². The van der Waals surface area contributed by atoms with E-state index in [1.165, 1.54) is 10.4 Å². The lowest BCUT2D eigenvalue weighted by Crippen LogP contribution is -2.31. The molecule has 1 heterocycles. The van der Waals surface area contributed by atoms with Gasteiger partial charge in [-0.15, -0.1) is 10.2 Å². The molecule has 102 valence electrons. The first-order chi connectivity index (χ1) is 9.13. The summed E-state index contributed by atoms with van der Waals surface area (Å²) >= 11 is 0. The van der Waals surface area contributed by atoms with Crippen molar-refractivity contribution in [2.45, 2.75) is 26.4 Å². The fraction of sp³-hybridized carbons (Fsp3) is 0.462. The minimum Gasteiger partial charge on any atom is -0.492 e.